The van der Waals surface area contributed by atoms with Crippen LogP contribution in [0.1, 0.15) is 42.5 Å². The molecule has 7 nitrogen and oxygen atoms in total. The van der Waals surface area contributed by atoms with Crippen molar-refractivity contribution in [3.8, 4) is 17.0 Å². The van der Waals surface area contributed by atoms with Crippen molar-refractivity contribution in [1.82, 2.24) is 19.7 Å². The van der Waals surface area contributed by atoms with E-state index < -0.39 is 0 Å². The minimum Gasteiger partial charge on any atom is -0.483 e. The summed E-state index contributed by atoms with van der Waals surface area (Å²) in [7, 11) is 1.88. The Hall–Kier alpha value is -3.17. The highest BCUT2D eigenvalue weighted by molar-refractivity contribution is 7.99. The van der Waals surface area contributed by atoms with Crippen molar-refractivity contribution in [2.24, 2.45) is 7.05 Å². The molecule has 2 aromatic carbocycles. The molecule has 9 heteroatoms. The molecule has 2 aromatic heterocycles. The van der Waals surface area contributed by atoms with Crippen LogP contribution < -0.4 is 10.1 Å². The molecular weight excluding hydrogens is 478 g/mol. The Kier molecular flexibility index (Phi) is 7.87. The number of carbonyl (C=O) groups excluding carboxylic acids is 1. The predicted octanol–water partition coefficient (Wildman–Crippen LogP) is 5.99. The second-order valence-corrected chi connectivity index (χ2v) is 10.1. The van der Waals surface area contributed by atoms with Gasteiger partial charge in [-0.2, -0.15) is 0 Å². The summed E-state index contributed by atoms with van der Waals surface area (Å²) in [5, 5.41) is 14.6. The quantitative estimate of drug-likeness (QED) is 0.280. The lowest BCUT2D eigenvalue weighted by Crippen LogP contribution is -2.14. The molecule has 0 fully saturated rings. The number of aryl methyl sites for hydroxylation is 3. The maximum Gasteiger partial charge on any atom is 0.236 e. The molecule has 0 aliphatic heterocycles. The second-order valence-electron chi connectivity index (χ2n) is 8.33. The molecule has 4 rings (SSSR count). The van der Waals surface area contributed by atoms with Crippen LogP contribution in [0.3, 0.4) is 0 Å². The van der Waals surface area contributed by atoms with Gasteiger partial charge in [-0.1, -0.05) is 43.0 Å². The maximum absolute atomic E-state index is 12.5. The average molecular weight is 508 g/mol. The van der Waals surface area contributed by atoms with Crippen LogP contribution in [0.2, 0.25) is 0 Å². The molecule has 0 spiro atoms. The number of carbonyl (C=O) groups is 1. The molecule has 35 heavy (non-hydrogen) atoms. The zero-order valence-electron chi connectivity index (χ0n) is 20.5. The molecular formula is C26H29N5O2S2. The lowest BCUT2D eigenvalue weighted by atomic mass is 10.1. The van der Waals surface area contributed by atoms with Crippen molar-refractivity contribution in [3.05, 3.63) is 70.4 Å². The Bertz CT molecular complexity index is 1310. The number of hydrogen-bond acceptors (Lipinski definition) is 7. The molecule has 182 valence electrons. The van der Waals surface area contributed by atoms with Crippen LogP contribution in [0, 0.1) is 13.8 Å². The Morgan fingerprint density at radius 3 is 2.63 bits per heavy atom. The van der Waals surface area contributed by atoms with Gasteiger partial charge in [0.1, 0.15) is 5.75 Å². The van der Waals surface area contributed by atoms with Crippen molar-refractivity contribution < 1.29 is 9.53 Å². The minimum absolute atomic E-state index is 0.138. The molecule has 4 aromatic rings. The van der Waals surface area contributed by atoms with Gasteiger partial charge < -0.3 is 14.6 Å². The van der Waals surface area contributed by atoms with E-state index in [0.717, 1.165) is 23.4 Å². The monoisotopic (exact) mass is 507 g/mol. The summed E-state index contributed by atoms with van der Waals surface area (Å²) in [6.07, 6.45) is 0.714. The predicted molar refractivity (Wildman–Crippen MR) is 142 cm³/mol. The normalized spacial score (nSPS) is 11.9. The topological polar surface area (TPSA) is 81.9 Å². The van der Waals surface area contributed by atoms with Crippen LogP contribution in [-0.4, -0.2) is 31.4 Å². The zero-order valence-corrected chi connectivity index (χ0v) is 22.2. The minimum atomic E-state index is -0.276. The summed E-state index contributed by atoms with van der Waals surface area (Å²) in [6, 6.07) is 14.3. The first-order valence-corrected chi connectivity index (χ1v) is 13.3. The van der Waals surface area contributed by atoms with Crippen LogP contribution in [0.25, 0.3) is 11.3 Å². The highest BCUT2D eigenvalue weighted by Gasteiger charge is 2.18. The van der Waals surface area contributed by atoms with Crippen LogP contribution in [0.4, 0.5) is 5.13 Å². The molecule has 2 heterocycles. The van der Waals surface area contributed by atoms with Gasteiger partial charge in [-0.15, -0.1) is 21.5 Å². The molecule has 0 saturated carbocycles. The Morgan fingerprint density at radius 1 is 1.14 bits per heavy atom. The molecule has 1 unspecified atom stereocenters. The molecule has 0 saturated heterocycles. The van der Waals surface area contributed by atoms with Crippen molar-refractivity contribution in [2.75, 3.05) is 11.1 Å². The Labute approximate surface area is 214 Å². The van der Waals surface area contributed by atoms with E-state index in [1.165, 1.54) is 39.8 Å². The number of rotatable bonds is 9. The van der Waals surface area contributed by atoms with Gasteiger partial charge in [-0.3, -0.25) is 4.79 Å². The van der Waals surface area contributed by atoms with Crippen molar-refractivity contribution in [1.29, 1.82) is 0 Å². The number of benzene rings is 2. The number of thioether (sulfide) groups is 1. The lowest BCUT2D eigenvalue weighted by molar-refractivity contribution is -0.113. The molecule has 1 atom stereocenters. The van der Waals surface area contributed by atoms with E-state index >= 15 is 0 Å². The van der Waals surface area contributed by atoms with Gasteiger partial charge in [0, 0.05) is 18.0 Å². The number of nitrogens with zero attached hydrogens (tertiary/aromatic N) is 4. The van der Waals surface area contributed by atoms with Gasteiger partial charge in [0.05, 0.1) is 11.4 Å². The van der Waals surface area contributed by atoms with Crippen LogP contribution in [0.5, 0.6) is 5.75 Å². The standard InChI is InChI=1S/C26H29N5O2S2/c1-6-19-8-11-21(12-9-19)33-18(4)24-29-30-26(31(24)5)35-15-23(32)28-25-27-22(14-34-25)20-10-7-16(2)17(3)13-20/h7-14,18H,6,15H2,1-5H3,(H,27,28,32). The van der Waals surface area contributed by atoms with E-state index in [4.69, 9.17) is 4.74 Å². The van der Waals surface area contributed by atoms with E-state index in [0.29, 0.717) is 16.1 Å². The summed E-state index contributed by atoms with van der Waals surface area (Å²) in [4.78, 5) is 17.1. The van der Waals surface area contributed by atoms with Gasteiger partial charge in [0.2, 0.25) is 5.91 Å². The number of amides is 1. The zero-order chi connectivity index (χ0) is 24.9. The van der Waals surface area contributed by atoms with Crippen molar-refractivity contribution in [3.63, 3.8) is 0 Å². The summed E-state index contributed by atoms with van der Waals surface area (Å²) >= 11 is 2.75. The molecule has 0 aliphatic rings. The summed E-state index contributed by atoms with van der Waals surface area (Å²) in [6.45, 7) is 8.23. The third kappa shape index (κ3) is 6.10. The molecule has 1 amide bonds. The number of aromatic nitrogens is 4. The highest BCUT2D eigenvalue weighted by atomic mass is 32.2. The smallest absolute Gasteiger partial charge is 0.236 e. The van der Waals surface area contributed by atoms with E-state index in [-0.39, 0.29) is 17.8 Å². The number of ether oxygens (including phenoxy) is 1. The summed E-state index contributed by atoms with van der Waals surface area (Å²) in [5.41, 5.74) is 5.63. The first-order chi connectivity index (χ1) is 16.8. The van der Waals surface area contributed by atoms with Crippen molar-refractivity contribution in [2.45, 2.75) is 45.4 Å². The van der Waals surface area contributed by atoms with Crippen LogP contribution in [0.15, 0.2) is 53.0 Å². The third-order valence-electron chi connectivity index (χ3n) is 5.76. The van der Waals surface area contributed by atoms with Gasteiger partial charge in [0.25, 0.3) is 0 Å². The second kappa shape index (κ2) is 11.0. The first-order valence-electron chi connectivity index (χ1n) is 11.4. The molecule has 0 radical (unpaired) electrons. The number of hydrogen-bond donors (Lipinski definition) is 1. The van der Waals surface area contributed by atoms with Crippen molar-refractivity contribution >= 4 is 34.1 Å². The fourth-order valence-corrected chi connectivity index (χ4v) is 4.97. The van der Waals surface area contributed by atoms with Gasteiger partial charge in [0.15, 0.2) is 22.2 Å². The van der Waals surface area contributed by atoms with Crippen LogP contribution >= 0.6 is 23.1 Å². The average Bonchev–Trinajstić information content (AvgIpc) is 3.46. The lowest BCUT2D eigenvalue weighted by Gasteiger charge is -2.14. The SMILES string of the molecule is CCc1ccc(OC(C)c2nnc(SCC(=O)Nc3nc(-c4ccc(C)c(C)c4)cs3)n2C)cc1. The third-order valence-corrected chi connectivity index (χ3v) is 7.54. The van der Waals surface area contributed by atoms with Gasteiger partial charge in [-0.25, -0.2) is 4.98 Å². The van der Waals surface area contributed by atoms with Gasteiger partial charge >= 0.3 is 0 Å². The van der Waals surface area contributed by atoms with E-state index in [9.17, 15) is 4.79 Å². The molecule has 0 bridgehead atoms. The maximum atomic E-state index is 12.5. The molecule has 0 aliphatic carbocycles. The largest absolute Gasteiger partial charge is 0.483 e. The Balaban J connectivity index is 1.32. The highest BCUT2D eigenvalue weighted by Crippen LogP contribution is 2.27. The summed E-state index contributed by atoms with van der Waals surface area (Å²) in [5.74, 6) is 1.55. The van der Waals surface area contributed by atoms with Crippen LogP contribution in [-0.2, 0) is 18.3 Å². The van der Waals surface area contributed by atoms with E-state index in [2.05, 4.69) is 71.6 Å². The van der Waals surface area contributed by atoms with E-state index in [1.54, 1.807) is 0 Å². The number of anilines is 1. The number of thiazole rings is 1. The Morgan fingerprint density at radius 2 is 1.91 bits per heavy atom. The fraction of sp³-hybridized carbons (Fsp3) is 0.308. The number of nitrogens with one attached hydrogen (secondary N) is 1. The first kappa shape index (κ1) is 24.9. The fourth-order valence-electron chi connectivity index (χ4n) is 3.52. The molecule has 1 N–H and O–H groups in total. The summed E-state index contributed by atoms with van der Waals surface area (Å²) < 4.78 is 7.90. The van der Waals surface area contributed by atoms with E-state index in [1.807, 2.05) is 36.1 Å². The van der Waals surface area contributed by atoms with Gasteiger partial charge in [-0.05, 0) is 62.1 Å².